The van der Waals surface area contributed by atoms with Crippen molar-refractivity contribution in [2.45, 2.75) is 44.0 Å². The first-order valence-electron chi connectivity index (χ1n) is 10.0. The van der Waals surface area contributed by atoms with Crippen LogP contribution < -0.4 is 5.56 Å². The highest BCUT2D eigenvalue weighted by Crippen LogP contribution is 2.22. The molecule has 5 nitrogen and oxygen atoms in total. The van der Waals surface area contributed by atoms with E-state index in [0.717, 1.165) is 25.9 Å². The molecule has 0 bridgehead atoms. The van der Waals surface area contributed by atoms with Gasteiger partial charge in [0.1, 0.15) is 0 Å². The summed E-state index contributed by atoms with van der Waals surface area (Å²) in [5.41, 5.74) is 2.47. The fraction of sp³-hybridized carbons (Fsp3) is 0.348. The first-order valence-corrected chi connectivity index (χ1v) is 11.0. The zero-order valence-electron chi connectivity index (χ0n) is 16.5. The van der Waals surface area contributed by atoms with Gasteiger partial charge in [-0.05, 0) is 37.0 Å². The molecular weight excluding hydrogens is 384 g/mol. The van der Waals surface area contributed by atoms with Crippen molar-refractivity contribution in [3.8, 4) is 0 Å². The number of ether oxygens (including phenoxy) is 1. The van der Waals surface area contributed by atoms with Crippen molar-refractivity contribution in [1.82, 2.24) is 9.55 Å². The van der Waals surface area contributed by atoms with Crippen LogP contribution in [0.5, 0.6) is 0 Å². The molecule has 0 aliphatic carbocycles. The summed E-state index contributed by atoms with van der Waals surface area (Å²) in [4.78, 5) is 30.4. The third-order valence-electron chi connectivity index (χ3n) is 5.25. The summed E-state index contributed by atoms with van der Waals surface area (Å²) in [6.07, 6.45) is 2.91. The van der Waals surface area contributed by atoms with E-state index in [4.69, 9.17) is 4.74 Å². The van der Waals surface area contributed by atoms with E-state index in [9.17, 15) is 9.59 Å². The molecule has 0 amide bonds. The Morgan fingerprint density at radius 1 is 1.21 bits per heavy atom. The number of thioether (sulfide) groups is 1. The largest absolute Gasteiger partial charge is 0.376 e. The predicted octanol–water partition coefficient (Wildman–Crippen LogP) is 4.11. The van der Waals surface area contributed by atoms with Gasteiger partial charge in [-0.25, -0.2) is 4.98 Å². The van der Waals surface area contributed by atoms with Gasteiger partial charge in [0.05, 0.1) is 29.3 Å². The van der Waals surface area contributed by atoms with Gasteiger partial charge in [0.25, 0.3) is 5.56 Å². The minimum atomic E-state index is -0.0756. The van der Waals surface area contributed by atoms with E-state index in [1.54, 1.807) is 10.6 Å². The summed E-state index contributed by atoms with van der Waals surface area (Å²) in [5, 5.41) is 1.17. The van der Waals surface area contributed by atoms with E-state index in [2.05, 4.69) is 11.9 Å². The summed E-state index contributed by atoms with van der Waals surface area (Å²) in [6, 6.07) is 15.1. The van der Waals surface area contributed by atoms with Crippen LogP contribution in [-0.2, 0) is 17.7 Å². The van der Waals surface area contributed by atoms with Crippen molar-refractivity contribution < 1.29 is 9.53 Å². The second-order valence-corrected chi connectivity index (χ2v) is 8.17. The maximum atomic E-state index is 13.1. The number of carbonyl (C=O) groups is 1. The number of para-hydroxylation sites is 1. The highest BCUT2D eigenvalue weighted by atomic mass is 32.2. The molecule has 1 aliphatic heterocycles. The predicted molar refractivity (Wildman–Crippen MR) is 116 cm³/mol. The fourth-order valence-electron chi connectivity index (χ4n) is 3.55. The number of nitrogens with zero attached hydrogens (tertiary/aromatic N) is 2. The first kappa shape index (κ1) is 19.9. The van der Waals surface area contributed by atoms with Crippen LogP contribution >= 0.6 is 11.8 Å². The number of fused-ring (bicyclic) bond motifs is 1. The molecule has 4 rings (SSSR count). The molecule has 0 saturated carbocycles. The Morgan fingerprint density at radius 2 is 2.00 bits per heavy atom. The smallest absolute Gasteiger partial charge is 0.262 e. The van der Waals surface area contributed by atoms with Crippen molar-refractivity contribution in [2.24, 2.45) is 0 Å². The summed E-state index contributed by atoms with van der Waals surface area (Å²) in [7, 11) is 0. The minimum Gasteiger partial charge on any atom is -0.376 e. The van der Waals surface area contributed by atoms with Crippen LogP contribution in [0.3, 0.4) is 0 Å². The van der Waals surface area contributed by atoms with Crippen molar-refractivity contribution in [1.29, 1.82) is 0 Å². The SMILES string of the molecule is CCc1ccc(C(=O)CSc2nc3ccccc3c(=O)n2CC2CCCO2)cc1. The van der Waals surface area contributed by atoms with Gasteiger partial charge in [-0.1, -0.05) is 55.1 Å². The van der Waals surface area contributed by atoms with E-state index in [1.807, 2.05) is 42.5 Å². The molecule has 6 heteroatoms. The maximum Gasteiger partial charge on any atom is 0.262 e. The van der Waals surface area contributed by atoms with Gasteiger partial charge in [0.15, 0.2) is 10.9 Å². The molecule has 1 atom stereocenters. The number of aryl methyl sites for hydroxylation is 1. The highest BCUT2D eigenvalue weighted by Gasteiger charge is 2.20. The lowest BCUT2D eigenvalue weighted by atomic mass is 10.1. The Kier molecular flexibility index (Phi) is 6.11. The minimum absolute atomic E-state index is 0.0206. The Morgan fingerprint density at radius 3 is 2.72 bits per heavy atom. The number of hydrogen-bond donors (Lipinski definition) is 0. The second kappa shape index (κ2) is 8.93. The van der Waals surface area contributed by atoms with Gasteiger partial charge < -0.3 is 4.74 Å². The van der Waals surface area contributed by atoms with Gasteiger partial charge in [-0.3, -0.25) is 14.2 Å². The van der Waals surface area contributed by atoms with Crippen LogP contribution in [0.25, 0.3) is 10.9 Å². The Balaban J connectivity index is 1.60. The standard InChI is InChI=1S/C23H24N2O3S/c1-2-16-9-11-17(12-10-16)21(26)15-29-23-24-20-8-4-3-7-19(20)22(27)25(23)14-18-6-5-13-28-18/h3-4,7-12,18H,2,5-6,13-15H2,1H3. The van der Waals surface area contributed by atoms with Crippen LogP contribution in [0.15, 0.2) is 58.5 Å². The number of hydrogen-bond acceptors (Lipinski definition) is 5. The number of benzene rings is 2. The third kappa shape index (κ3) is 4.43. The fourth-order valence-corrected chi connectivity index (χ4v) is 4.45. The lowest BCUT2D eigenvalue weighted by Crippen LogP contribution is -2.29. The van der Waals surface area contributed by atoms with Gasteiger partial charge in [0.2, 0.25) is 0 Å². The average molecular weight is 409 g/mol. The van der Waals surface area contributed by atoms with E-state index in [-0.39, 0.29) is 23.2 Å². The molecule has 1 saturated heterocycles. The van der Waals surface area contributed by atoms with Gasteiger partial charge in [0, 0.05) is 12.2 Å². The maximum absolute atomic E-state index is 13.1. The molecule has 0 spiro atoms. The topological polar surface area (TPSA) is 61.2 Å². The van der Waals surface area contributed by atoms with Gasteiger partial charge >= 0.3 is 0 Å². The number of Topliss-reactive ketones (excluding diaryl/α,β-unsaturated/α-hetero) is 1. The Labute approximate surface area is 174 Å². The quantitative estimate of drug-likeness (QED) is 0.334. The Hall–Kier alpha value is -2.44. The van der Waals surface area contributed by atoms with E-state index >= 15 is 0 Å². The second-order valence-electron chi connectivity index (χ2n) is 7.22. The third-order valence-corrected chi connectivity index (χ3v) is 6.23. The van der Waals surface area contributed by atoms with Crippen LogP contribution in [0.2, 0.25) is 0 Å². The molecule has 150 valence electrons. The van der Waals surface area contributed by atoms with Gasteiger partial charge in [-0.2, -0.15) is 0 Å². The number of rotatable bonds is 7. The molecule has 0 N–H and O–H groups in total. The van der Waals surface area contributed by atoms with Gasteiger partial charge in [-0.15, -0.1) is 0 Å². The van der Waals surface area contributed by atoms with Crippen LogP contribution in [0.1, 0.15) is 35.7 Å². The lowest BCUT2D eigenvalue weighted by Gasteiger charge is -2.16. The van der Waals surface area contributed by atoms with Crippen LogP contribution in [-0.4, -0.2) is 33.8 Å². The average Bonchev–Trinajstić information content (AvgIpc) is 3.27. The number of aromatic nitrogens is 2. The van der Waals surface area contributed by atoms with Crippen molar-refractivity contribution in [3.05, 3.63) is 70.0 Å². The molecule has 1 aliphatic rings. The summed E-state index contributed by atoms with van der Waals surface area (Å²) in [6.45, 7) is 3.29. The van der Waals surface area contributed by atoms with Crippen molar-refractivity contribution >= 4 is 28.4 Å². The molecule has 1 aromatic heterocycles. The molecule has 29 heavy (non-hydrogen) atoms. The molecular formula is C23H24N2O3S. The molecule has 0 radical (unpaired) electrons. The lowest BCUT2D eigenvalue weighted by molar-refractivity contribution is 0.0937. The first-order chi connectivity index (χ1) is 14.2. The van der Waals surface area contributed by atoms with Crippen molar-refractivity contribution in [2.75, 3.05) is 12.4 Å². The number of carbonyl (C=O) groups excluding carboxylic acids is 1. The van der Waals surface area contributed by atoms with Crippen LogP contribution in [0, 0.1) is 0 Å². The highest BCUT2D eigenvalue weighted by molar-refractivity contribution is 7.99. The molecule has 1 fully saturated rings. The zero-order valence-corrected chi connectivity index (χ0v) is 17.3. The molecule has 3 aromatic rings. The van der Waals surface area contributed by atoms with E-state index in [1.165, 1.54) is 17.3 Å². The molecule has 2 heterocycles. The monoisotopic (exact) mass is 408 g/mol. The van der Waals surface area contributed by atoms with E-state index < -0.39 is 0 Å². The summed E-state index contributed by atoms with van der Waals surface area (Å²) < 4.78 is 7.41. The Bertz CT molecular complexity index is 1070. The summed E-state index contributed by atoms with van der Waals surface area (Å²) >= 11 is 1.32. The van der Waals surface area contributed by atoms with E-state index in [0.29, 0.717) is 28.2 Å². The van der Waals surface area contributed by atoms with Crippen molar-refractivity contribution in [3.63, 3.8) is 0 Å². The zero-order chi connectivity index (χ0) is 20.2. The summed E-state index contributed by atoms with van der Waals surface area (Å²) in [5.74, 6) is 0.269. The molecule has 1 unspecified atom stereocenters. The molecule has 2 aromatic carbocycles. The number of ketones is 1. The van der Waals surface area contributed by atoms with Crippen LogP contribution in [0.4, 0.5) is 0 Å². The normalized spacial score (nSPS) is 16.4.